The number of nitrogens with zero attached hydrogens (tertiary/aromatic N) is 2. The van der Waals surface area contributed by atoms with Crippen LogP contribution in [0.15, 0.2) is 23.2 Å². The first kappa shape index (κ1) is 12.9. The van der Waals surface area contributed by atoms with Gasteiger partial charge in [0, 0.05) is 18.7 Å². The Balaban J connectivity index is 0.000000686. The Kier molecular flexibility index (Phi) is 4.39. The summed E-state index contributed by atoms with van der Waals surface area (Å²) in [4.78, 5) is 14.2. The highest BCUT2D eigenvalue weighted by molar-refractivity contribution is 5.83. The molecule has 0 bridgehead atoms. The van der Waals surface area contributed by atoms with Gasteiger partial charge in [0.25, 0.3) is 5.69 Å². The Hall–Kier alpha value is -2.17. The molecule has 0 fully saturated rings. The summed E-state index contributed by atoms with van der Waals surface area (Å²) in [5.41, 5.74) is 0.574. The predicted molar refractivity (Wildman–Crippen MR) is 67.9 cm³/mol. The second-order valence-corrected chi connectivity index (χ2v) is 3.07. The number of rotatable bonds is 1. The van der Waals surface area contributed by atoms with E-state index in [2.05, 4.69) is 4.99 Å². The summed E-state index contributed by atoms with van der Waals surface area (Å²) in [7, 11) is 0. The highest BCUT2D eigenvalue weighted by Gasteiger charge is 2.18. The van der Waals surface area contributed by atoms with Crippen molar-refractivity contribution in [2.75, 3.05) is 0 Å². The number of phenols is 1. The van der Waals surface area contributed by atoms with E-state index in [1.165, 1.54) is 12.1 Å². The molecule has 0 spiro atoms. The zero-order chi connectivity index (χ0) is 12.8. The molecule has 1 N–H and O–H groups in total. The van der Waals surface area contributed by atoms with Crippen molar-refractivity contribution in [3.05, 3.63) is 33.9 Å². The summed E-state index contributed by atoms with van der Waals surface area (Å²) in [5.74, 6) is -0.0431. The van der Waals surface area contributed by atoms with Crippen molar-refractivity contribution in [2.45, 2.75) is 20.3 Å². The number of hydrogen-bond acceptors (Lipinski definition) is 4. The fourth-order valence-corrected chi connectivity index (χ4v) is 1.44. The lowest BCUT2D eigenvalue weighted by Gasteiger charge is -2.03. The predicted octanol–water partition coefficient (Wildman–Crippen LogP) is 3.45. The zero-order valence-electron chi connectivity index (χ0n) is 9.75. The van der Waals surface area contributed by atoms with Gasteiger partial charge in [0.1, 0.15) is 11.4 Å². The van der Waals surface area contributed by atoms with Crippen LogP contribution < -0.4 is 0 Å². The molecule has 0 unspecified atom stereocenters. The monoisotopic (exact) mass is 234 g/mol. The standard InChI is InChI=1S/C10H8N2O3.C2H6/c13-9-5-4-8(12(14)15)7-3-1-2-6-11-10(7)9;1-2/h1,3-6,13H,2H2;1-2H3. The van der Waals surface area contributed by atoms with Crippen LogP contribution >= 0.6 is 0 Å². The first-order chi connectivity index (χ1) is 8.20. The molecular formula is C12H14N2O3. The van der Waals surface area contributed by atoms with Crippen molar-refractivity contribution < 1.29 is 10.0 Å². The zero-order valence-corrected chi connectivity index (χ0v) is 9.75. The molecular weight excluding hydrogens is 220 g/mol. The van der Waals surface area contributed by atoms with Gasteiger partial charge in [-0.1, -0.05) is 19.9 Å². The van der Waals surface area contributed by atoms with Gasteiger partial charge >= 0.3 is 0 Å². The maximum atomic E-state index is 10.7. The number of hydrogen-bond donors (Lipinski definition) is 1. The summed E-state index contributed by atoms with van der Waals surface area (Å²) >= 11 is 0. The normalized spacial score (nSPS) is 12.1. The average Bonchev–Trinajstić information content (AvgIpc) is 2.58. The largest absolute Gasteiger partial charge is 0.506 e. The Labute approximate surface area is 99.3 Å². The second-order valence-electron chi connectivity index (χ2n) is 3.07. The van der Waals surface area contributed by atoms with Gasteiger partial charge in [-0.2, -0.15) is 0 Å². The van der Waals surface area contributed by atoms with Crippen LogP contribution in [-0.2, 0) is 0 Å². The number of allylic oxidation sites excluding steroid dienone is 1. The Morgan fingerprint density at radius 1 is 1.41 bits per heavy atom. The molecule has 5 nitrogen and oxygen atoms in total. The van der Waals surface area contributed by atoms with Crippen LogP contribution in [0, 0.1) is 10.1 Å². The third-order valence-corrected chi connectivity index (χ3v) is 2.12. The van der Waals surface area contributed by atoms with E-state index in [0.717, 1.165) is 0 Å². The van der Waals surface area contributed by atoms with E-state index in [1.54, 1.807) is 18.4 Å². The lowest BCUT2D eigenvalue weighted by molar-refractivity contribution is -0.385. The van der Waals surface area contributed by atoms with Crippen LogP contribution in [0.4, 0.5) is 11.4 Å². The molecule has 5 heteroatoms. The molecule has 2 rings (SSSR count). The van der Waals surface area contributed by atoms with Gasteiger partial charge in [0.2, 0.25) is 0 Å². The van der Waals surface area contributed by atoms with E-state index >= 15 is 0 Å². The second kappa shape index (κ2) is 5.79. The molecule has 17 heavy (non-hydrogen) atoms. The smallest absolute Gasteiger partial charge is 0.279 e. The number of nitro benzene ring substituents is 1. The molecule has 90 valence electrons. The van der Waals surface area contributed by atoms with Crippen LogP contribution in [0.25, 0.3) is 6.08 Å². The van der Waals surface area contributed by atoms with Gasteiger partial charge in [-0.05, 0) is 12.1 Å². The van der Waals surface area contributed by atoms with Crippen LogP contribution in [0.1, 0.15) is 25.8 Å². The lowest BCUT2D eigenvalue weighted by atomic mass is 10.1. The van der Waals surface area contributed by atoms with Crippen LogP contribution in [-0.4, -0.2) is 16.2 Å². The van der Waals surface area contributed by atoms with Crippen molar-refractivity contribution in [2.24, 2.45) is 4.99 Å². The van der Waals surface area contributed by atoms with Crippen molar-refractivity contribution in [1.82, 2.24) is 0 Å². The quantitative estimate of drug-likeness (QED) is 0.597. The minimum atomic E-state index is -0.483. The number of nitro groups is 1. The highest BCUT2D eigenvalue weighted by Crippen LogP contribution is 2.38. The molecule has 0 amide bonds. The molecule has 0 saturated carbocycles. The molecule has 0 atom stereocenters. The number of phenolic OH excluding ortho intramolecular Hbond substituents is 1. The summed E-state index contributed by atoms with van der Waals surface area (Å²) in [6.07, 6.45) is 5.58. The molecule has 1 aromatic carbocycles. The fourth-order valence-electron chi connectivity index (χ4n) is 1.44. The molecule has 0 radical (unpaired) electrons. The van der Waals surface area contributed by atoms with Crippen molar-refractivity contribution in [3.63, 3.8) is 0 Å². The van der Waals surface area contributed by atoms with E-state index in [1.807, 2.05) is 13.8 Å². The van der Waals surface area contributed by atoms with E-state index in [0.29, 0.717) is 12.0 Å². The summed E-state index contributed by atoms with van der Waals surface area (Å²) in [5, 5.41) is 20.3. The maximum Gasteiger partial charge on any atom is 0.279 e. The third-order valence-electron chi connectivity index (χ3n) is 2.12. The first-order valence-corrected chi connectivity index (χ1v) is 5.39. The van der Waals surface area contributed by atoms with Crippen molar-refractivity contribution in [3.8, 4) is 5.75 Å². The molecule has 1 aliphatic heterocycles. The van der Waals surface area contributed by atoms with E-state index in [4.69, 9.17) is 0 Å². The van der Waals surface area contributed by atoms with Gasteiger partial charge in [0.15, 0.2) is 0 Å². The Bertz CT molecular complexity index is 479. The van der Waals surface area contributed by atoms with Gasteiger partial charge in [0.05, 0.1) is 10.5 Å². The highest BCUT2D eigenvalue weighted by atomic mass is 16.6. The molecule has 1 heterocycles. The molecule has 0 aliphatic carbocycles. The van der Waals surface area contributed by atoms with Crippen LogP contribution in [0.2, 0.25) is 0 Å². The summed E-state index contributed by atoms with van der Waals surface area (Å²) in [6, 6.07) is 2.56. The topological polar surface area (TPSA) is 75.7 Å². The average molecular weight is 234 g/mol. The third kappa shape index (κ3) is 2.69. The number of fused-ring (bicyclic) bond motifs is 1. The van der Waals surface area contributed by atoms with Crippen molar-refractivity contribution >= 4 is 23.7 Å². The van der Waals surface area contributed by atoms with Gasteiger partial charge in [-0.3, -0.25) is 15.1 Å². The number of aromatic hydroxyl groups is 1. The molecule has 1 aliphatic rings. The Morgan fingerprint density at radius 3 is 2.76 bits per heavy atom. The van der Waals surface area contributed by atoms with E-state index in [9.17, 15) is 15.2 Å². The van der Waals surface area contributed by atoms with E-state index < -0.39 is 4.92 Å². The van der Waals surface area contributed by atoms with Crippen LogP contribution in [0.5, 0.6) is 5.75 Å². The molecule has 0 saturated heterocycles. The summed E-state index contributed by atoms with van der Waals surface area (Å²) in [6.45, 7) is 4.00. The molecule has 1 aromatic rings. The first-order valence-electron chi connectivity index (χ1n) is 5.39. The van der Waals surface area contributed by atoms with Gasteiger partial charge in [-0.25, -0.2) is 0 Å². The minimum Gasteiger partial charge on any atom is -0.506 e. The Morgan fingerprint density at radius 2 is 2.12 bits per heavy atom. The molecule has 0 aromatic heterocycles. The van der Waals surface area contributed by atoms with Gasteiger partial charge < -0.3 is 5.11 Å². The maximum absolute atomic E-state index is 10.7. The lowest BCUT2D eigenvalue weighted by Crippen LogP contribution is -1.91. The number of aliphatic imine (C=N–C) groups is 1. The summed E-state index contributed by atoms with van der Waals surface area (Å²) < 4.78 is 0. The van der Waals surface area contributed by atoms with Gasteiger partial charge in [-0.15, -0.1) is 0 Å². The van der Waals surface area contributed by atoms with E-state index in [-0.39, 0.29) is 17.1 Å². The SMILES string of the molecule is CC.O=[N+]([O-])c1ccc(O)c2c1C=CCC=N2. The van der Waals surface area contributed by atoms with Crippen LogP contribution in [0.3, 0.4) is 0 Å². The number of benzene rings is 1. The van der Waals surface area contributed by atoms with Crippen molar-refractivity contribution in [1.29, 1.82) is 0 Å². The fraction of sp³-hybridized carbons (Fsp3) is 0.250. The minimum absolute atomic E-state index is 0.0431.